The van der Waals surface area contributed by atoms with Crippen molar-refractivity contribution < 1.29 is 8.42 Å². The molecule has 0 aliphatic carbocycles. The van der Waals surface area contributed by atoms with Gasteiger partial charge in [0.2, 0.25) is 10.0 Å². The van der Waals surface area contributed by atoms with Crippen molar-refractivity contribution in [3.05, 3.63) is 41.2 Å². The highest BCUT2D eigenvalue weighted by atomic mass is 32.2. The van der Waals surface area contributed by atoms with E-state index in [2.05, 4.69) is 9.82 Å². The molecule has 0 saturated heterocycles. The van der Waals surface area contributed by atoms with Crippen LogP contribution in [0.15, 0.2) is 29.3 Å². The molecule has 0 spiro atoms. The van der Waals surface area contributed by atoms with E-state index in [4.69, 9.17) is 5.73 Å². The number of nitrogens with one attached hydrogen (secondary N) is 1. The van der Waals surface area contributed by atoms with Crippen LogP contribution in [-0.2, 0) is 23.6 Å². The Balaban J connectivity index is 2.32. The molecule has 1 aromatic carbocycles. The summed E-state index contributed by atoms with van der Waals surface area (Å²) in [5, 5.41) is 4.00. The number of nitrogens with two attached hydrogens (primary N) is 1. The van der Waals surface area contributed by atoms with Gasteiger partial charge in [-0.1, -0.05) is 6.07 Å². The number of benzene rings is 1. The zero-order valence-electron chi connectivity index (χ0n) is 11.7. The van der Waals surface area contributed by atoms with E-state index in [-0.39, 0.29) is 11.4 Å². The molecule has 0 amide bonds. The fourth-order valence-corrected chi connectivity index (χ4v) is 3.57. The number of anilines is 1. The fourth-order valence-electron chi connectivity index (χ4n) is 2.07. The summed E-state index contributed by atoms with van der Waals surface area (Å²) in [4.78, 5) is 0.250. The largest absolute Gasteiger partial charge is 0.398 e. The van der Waals surface area contributed by atoms with Gasteiger partial charge in [-0.3, -0.25) is 4.68 Å². The molecular weight excluding hydrogens is 276 g/mol. The second-order valence-corrected chi connectivity index (χ2v) is 6.40. The molecule has 3 N–H and O–H groups in total. The number of aryl methyl sites for hydroxylation is 2. The quantitative estimate of drug-likeness (QED) is 0.826. The van der Waals surface area contributed by atoms with E-state index in [0.717, 1.165) is 5.69 Å². The van der Waals surface area contributed by atoms with Gasteiger partial charge in [0.05, 0.1) is 17.1 Å². The van der Waals surface area contributed by atoms with Gasteiger partial charge in [-0.15, -0.1) is 0 Å². The number of sulfonamides is 1. The van der Waals surface area contributed by atoms with Crippen LogP contribution < -0.4 is 10.5 Å². The number of hydrogen-bond donors (Lipinski definition) is 2. The average Bonchev–Trinajstić information content (AvgIpc) is 2.77. The van der Waals surface area contributed by atoms with Crippen LogP contribution in [0.2, 0.25) is 0 Å². The van der Waals surface area contributed by atoms with Crippen molar-refractivity contribution in [3.8, 4) is 0 Å². The van der Waals surface area contributed by atoms with Crippen molar-refractivity contribution in [1.82, 2.24) is 14.5 Å². The number of aromatic nitrogens is 2. The lowest BCUT2D eigenvalue weighted by Gasteiger charge is -2.13. The molecular formula is C13H18N4O2S. The Hall–Kier alpha value is -1.86. The first-order chi connectivity index (χ1) is 9.33. The zero-order valence-corrected chi connectivity index (χ0v) is 12.5. The molecule has 1 aromatic heterocycles. The van der Waals surface area contributed by atoms with E-state index >= 15 is 0 Å². The lowest BCUT2D eigenvalue weighted by molar-refractivity contribution is 0.576. The van der Waals surface area contributed by atoms with Gasteiger partial charge in [-0.25, -0.2) is 13.1 Å². The third-order valence-corrected chi connectivity index (χ3v) is 4.97. The maximum Gasteiger partial charge on any atom is 0.241 e. The van der Waals surface area contributed by atoms with Gasteiger partial charge in [0.25, 0.3) is 0 Å². The molecule has 0 fully saturated rings. The second-order valence-electron chi connectivity index (χ2n) is 4.70. The molecule has 0 aliphatic heterocycles. The summed E-state index contributed by atoms with van der Waals surface area (Å²) >= 11 is 0. The first-order valence-corrected chi connectivity index (χ1v) is 7.63. The summed E-state index contributed by atoms with van der Waals surface area (Å²) < 4.78 is 29.1. The summed E-state index contributed by atoms with van der Waals surface area (Å²) in [5.74, 6) is 0. The molecule has 0 unspecified atom stereocenters. The Morgan fingerprint density at radius 1 is 1.30 bits per heavy atom. The maximum atomic E-state index is 12.4. The van der Waals surface area contributed by atoms with Crippen LogP contribution in [0.25, 0.3) is 0 Å². The maximum absolute atomic E-state index is 12.4. The third-order valence-electron chi connectivity index (χ3n) is 3.28. The summed E-state index contributed by atoms with van der Waals surface area (Å²) in [6, 6.07) is 5.19. The molecule has 0 saturated carbocycles. The van der Waals surface area contributed by atoms with Crippen LogP contribution in [0.1, 0.15) is 16.8 Å². The van der Waals surface area contributed by atoms with Crippen molar-refractivity contribution in [2.45, 2.75) is 25.3 Å². The smallest absolute Gasteiger partial charge is 0.241 e. The van der Waals surface area contributed by atoms with E-state index in [1.54, 1.807) is 50.0 Å². The van der Waals surface area contributed by atoms with E-state index in [1.165, 1.54) is 0 Å². The van der Waals surface area contributed by atoms with Crippen LogP contribution >= 0.6 is 0 Å². The predicted molar refractivity (Wildman–Crippen MR) is 77.6 cm³/mol. The molecule has 0 radical (unpaired) electrons. The Bertz CT molecular complexity index is 735. The SMILES string of the molecule is Cc1ccc(N)c(C)c1S(=O)(=O)NCc1ccnn1C. The van der Waals surface area contributed by atoms with Crippen molar-refractivity contribution in [2.75, 3.05) is 5.73 Å². The van der Waals surface area contributed by atoms with E-state index < -0.39 is 10.0 Å². The first-order valence-electron chi connectivity index (χ1n) is 6.15. The number of nitrogen functional groups attached to an aromatic ring is 1. The topological polar surface area (TPSA) is 90.0 Å². The zero-order chi connectivity index (χ0) is 14.9. The molecule has 7 heteroatoms. The molecule has 108 valence electrons. The molecule has 2 rings (SSSR count). The number of rotatable bonds is 4. The van der Waals surface area contributed by atoms with Crippen LogP contribution in [0.3, 0.4) is 0 Å². The standard InChI is InChI=1S/C13H18N4O2S/c1-9-4-5-12(14)10(2)13(9)20(18,19)16-8-11-6-7-15-17(11)3/h4-7,16H,8,14H2,1-3H3. The highest BCUT2D eigenvalue weighted by Gasteiger charge is 2.20. The van der Waals surface area contributed by atoms with Crippen LogP contribution in [0.4, 0.5) is 5.69 Å². The van der Waals surface area contributed by atoms with E-state index in [1.807, 2.05) is 0 Å². The minimum Gasteiger partial charge on any atom is -0.398 e. The van der Waals surface area contributed by atoms with Gasteiger partial charge in [0.15, 0.2) is 0 Å². The first kappa shape index (κ1) is 14.5. The van der Waals surface area contributed by atoms with Crippen molar-refractivity contribution >= 4 is 15.7 Å². The van der Waals surface area contributed by atoms with Crippen LogP contribution in [0.5, 0.6) is 0 Å². The summed E-state index contributed by atoms with van der Waals surface area (Å²) in [5.41, 5.74) is 8.30. The monoisotopic (exact) mass is 294 g/mol. The van der Waals surface area contributed by atoms with Crippen LogP contribution in [-0.4, -0.2) is 18.2 Å². The van der Waals surface area contributed by atoms with E-state index in [9.17, 15) is 8.42 Å². The summed E-state index contributed by atoms with van der Waals surface area (Å²) in [6.07, 6.45) is 1.63. The minimum absolute atomic E-state index is 0.187. The molecule has 0 atom stereocenters. The Kier molecular flexibility index (Phi) is 3.82. The Labute approximate surface area is 118 Å². The number of hydrogen-bond acceptors (Lipinski definition) is 4. The summed E-state index contributed by atoms with van der Waals surface area (Å²) in [6.45, 7) is 3.65. The van der Waals surface area contributed by atoms with Gasteiger partial charge >= 0.3 is 0 Å². The lowest BCUT2D eigenvalue weighted by Crippen LogP contribution is -2.26. The van der Waals surface area contributed by atoms with E-state index in [0.29, 0.717) is 16.8 Å². The summed E-state index contributed by atoms with van der Waals surface area (Å²) in [7, 11) is -1.84. The van der Waals surface area contributed by atoms with Crippen LogP contribution in [0, 0.1) is 13.8 Å². The van der Waals surface area contributed by atoms with Crippen molar-refractivity contribution in [3.63, 3.8) is 0 Å². The highest BCUT2D eigenvalue weighted by Crippen LogP contribution is 2.24. The van der Waals surface area contributed by atoms with Gasteiger partial charge in [-0.2, -0.15) is 5.10 Å². The molecule has 0 aliphatic rings. The van der Waals surface area contributed by atoms with Gasteiger partial charge in [-0.05, 0) is 37.1 Å². The Morgan fingerprint density at radius 2 is 2.00 bits per heavy atom. The van der Waals surface area contributed by atoms with Crippen molar-refractivity contribution in [2.24, 2.45) is 7.05 Å². The molecule has 0 bridgehead atoms. The van der Waals surface area contributed by atoms with Crippen molar-refractivity contribution in [1.29, 1.82) is 0 Å². The molecule has 1 heterocycles. The van der Waals surface area contributed by atoms with Gasteiger partial charge in [0.1, 0.15) is 0 Å². The highest BCUT2D eigenvalue weighted by molar-refractivity contribution is 7.89. The minimum atomic E-state index is -3.61. The molecule has 6 nitrogen and oxygen atoms in total. The number of nitrogens with zero attached hydrogens (tertiary/aromatic N) is 2. The average molecular weight is 294 g/mol. The Morgan fingerprint density at radius 3 is 2.60 bits per heavy atom. The normalized spacial score (nSPS) is 11.8. The van der Waals surface area contributed by atoms with Gasteiger partial charge in [0, 0.05) is 18.9 Å². The second kappa shape index (κ2) is 5.26. The third kappa shape index (κ3) is 2.68. The molecule has 2 aromatic rings. The fraction of sp³-hybridized carbons (Fsp3) is 0.308. The van der Waals surface area contributed by atoms with Gasteiger partial charge < -0.3 is 5.73 Å². The lowest BCUT2D eigenvalue weighted by atomic mass is 10.1. The predicted octanol–water partition coefficient (Wildman–Crippen LogP) is 1.10. The molecule has 20 heavy (non-hydrogen) atoms.